The molecule has 15 heteroatoms. The van der Waals surface area contributed by atoms with Gasteiger partial charge in [0, 0.05) is 24.5 Å². The predicted octanol–water partition coefficient (Wildman–Crippen LogP) is 2.52. The number of hydrogen-bond donors (Lipinski definition) is 5. The largest absolute Gasteiger partial charge is 0.445 e. The topological polar surface area (TPSA) is 211 Å². The van der Waals surface area contributed by atoms with Crippen LogP contribution in [-0.2, 0) is 42.2 Å². The minimum atomic E-state index is -3.96. The molecule has 0 unspecified atom stereocenters. The first-order chi connectivity index (χ1) is 23.7. The average Bonchev–Trinajstić information content (AvgIpc) is 3.07. The Bertz CT molecular complexity index is 1710. The number of rotatable bonds is 16. The van der Waals surface area contributed by atoms with E-state index in [0.717, 1.165) is 11.1 Å². The summed E-state index contributed by atoms with van der Waals surface area (Å²) >= 11 is 0. The molecule has 0 saturated heterocycles. The Kier molecular flexibility index (Phi) is 14.4. The van der Waals surface area contributed by atoms with Crippen molar-refractivity contribution >= 4 is 40.2 Å². The molecule has 0 saturated carbocycles. The number of ether oxygens (including phenoxy) is 1. The first-order valence-electron chi connectivity index (χ1n) is 16.0. The highest BCUT2D eigenvalue weighted by Gasteiger charge is 2.36. The van der Waals surface area contributed by atoms with E-state index in [1.807, 2.05) is 37.3 Å². The molecule has 0 aliphatic rings. The molecule has 50 heavy (non-hydrogen) atoms. The second-order valence-electron chi connectivity index (χ2n) is 12.7. The van der Waals surface area contributed by atoms with Crippen LogP contribution in [0.1, 0.15) is 50.3 Å². The number of aryl methyl sites for hydroxylation is 1. The van der Waals surface area contributed by atoms with Crippen molar-refractivity contribution in [2.75, 3.05) is 6.54 Å². The van der Waals surface area contributed by atoms with Gasteiger partial charge >= 0.3 is 6.09 Å². The third-order valence-corrected chi connectivity index (χ3v) is 8.78. The number of aldehydes is 1. The molecule has 0 aliphatic carbocycles. The molecule has 0 aliphatic heterocycles. The highest BCUT2D eigenvalue weighted by Crippen LogP contribution is 2.20. The maximum atomic E-state index is 13.7. The normalized spacial score (nSPS) is 13.6. The lowest BCUT2D eigenvalue weighted by Gasteiger charge is -2.32. The quantitative estimate of drug-likeness (QED) is 0.0640. The summed E-state index contributed by atoms with van der Waals surface area (Å²) in [5.74, 6) is -1.60. The van der Waals surface area contributed by atoms with Crippen LogP contribution in [0.3, 0.4) is 0 Å². The van der Waals surface area contributed by atoms with E-state index in [-0.39, 0.29) is 43.3 Å². The maximum absolute atomic E-state index is 13.7. The summed E-state index contributed by atoms with van der Waals surface area (Å²) in [6.45, 7) is 7.00. The standard InChI is InChI=1S/C35H45N7O7S/c1-24-14-16-28(17-15-24)50(47,48)42-33(36)38-19-9-13-29(40-34(46)49-23-26-12-8-18-37-21-26)31(44)41-30(35(2,3)4)32(45)39-27(22-43)20-25-10-6-5-7-11-25/h5-8,10-12,14-18,21-22,27,29-30H,9,13,19-20,23H2,1-4H3,(H,39,45)(H,40,46)(H,41,44)(H3,36,38,42)/t27-,29-,30+/m0/s1. The smallest absolute Gasteiger partial charge is 0.408 e. The van der Waals surface area contributed by atoms with Crippen LogP contribution in [-0.4, -0.2) is 68.2 Å². The minimum absolute atomic E-state index is 0.00211. The Morgan fingerprint density at radius 2 is 1.62 bits per heavy atom. The van der Waals surface area contributed by atoms with Gasteiger partial charge in [-0.1, -0.05) is 74.9 Å². The van der Waals surface area contributed by atoms with E-state index < -0.39 is 51.5 Å². The highest BCUT2D eigenvalue weighted by atomic mass is 32.2. The molecule has 1 heterocycles. The first kappa shape index (κ1) is 39.1. The third-order valence-electron chi connectivity index (χ3n) is 7.41. The van der Waals surface area contributed by atoms with Gasteiger partial charge in [0.15, 0.2) is 0 Å². The van der Waals surface area contributed by atoms with Crippen molar-refractivity contribution in [3.05, 3.63) is 95.8 Å². The van der Waals surface area contributed by atoms with E-state index >= 15 is 0 Å². The van der Waals surface area contributed by atoms with Gasteiger partial charge in [-0.05, 0) is 55.4 Å². The molecular formula is C35H45N7O7S. The molecule has 3 rings (SSSR count). The number of alkyl carbamates (subject to hydrolysis) is 1. The molecule has 1 aromatic heterocycles. The van der Waals surface area contributed by atoms with Gasteiger partial charge in [0.25, 0.3) is 10.0 Å². The van der Waals surface area contributed by atoms with Gasteiger partial charge in [0.05, 0.1) is 10.9 Å². The first-order valence-corrected chi connectivity index (χ1v) is 17.5. The van der Waals surface area contributed by atoms with Crippen molar-refractivity contribution in [1.82, 2.24) is 25.7 Å². The van der Waals surface area contributed by atoms with Crippen molar-refractivity contribution < 1.29 is 32.3 Å². The van der Waals surface area contributed by atoms with E-state index in [4.69, 9.17) is 10.5 Å². The van der Waals surface area contributed by atoms with Crippen LogP contribution in [0.4, 0.5) is 4.79 Å². The molecule has 268 valence electrons. The molecule has 6 N–H and O–H groups in total. The Balaban J connectivity index is 1.70. The number of amides is 3. The van der Waals surface area contributed by atoms with Crippen LogP contribution in [0.5, 0.6) is 0 Å². The summed E-state index contributed by atoms with van der Waals surface area (Å²) in [5.41, 5.74) is 7.42. The number of sulfonamides is 1. The van der Waals surface area contributed by atoms with Crippen molar-refractivity contribution in [2.45, 2.75) is 76.6 Å². The summed E-state index contributed by atoms with van der Waals surface area (Å²) in [7, 11) is -3.96. The molecule has 0 radical (unpaired) electrons. The predicted molar refractivity (Wildman–Crippen MR) is 188 cm³/mol. The second-order valence-corrected chi connectivity index (χ2v) is 14.4. The van der Waals surface area contributed by atoms with Crippen LogP contribution in [0.15, 0.2) is 89.0 Å². The van der Waals surface area contributed by atoms with Crippen LogP contribution in [0.25, 0.3) is 0 Å². The maximum Gasteiger partial charge on any atom is 0.408 e. The lowest BCUT2D eigenvalue weighted by Crippen LogP contribution is -2.59. The fraction of sp³-hybridized carbons (Fsp3) is 0.371. The van der Waals surface area contributed by atoms with Gasteiger partial charge < -0.3 is 31.2 Å². The van der Waals surface area contributed by atoms with Gasteiger partial charge in [0.2, 0.25) is 17.8 Å². The zero-order chi connectivity index (χ0) is 36.7. The van der Waals surface area contributed by atoms with Crippen LogP contribution in [0.2, 0.25) is 0 Å². The molecule has 0 fully saturated rings. The summed E-state index contributed by atoms with van der Waals surface area (Å²) in [5, 5.41) is 8.00. The molecule has 0 bridgehead atoms. The van der Waals surface area contributed by atoms with Gasteiger partial charge in [0.1, 0.15) is 25.0 Å². The number of pyridine rings is 1. The molecule has 2 aromatic carbocycles. The Morgan fingerprint density at radius 3 is 2.24 bits per heavy atom. The zero-order valence-electron chi connectivity index (χ0n) is 28.6. The van der Waals surface area contributed by atoms with Crippen LogP contribution < -0.4 is 26.4 Å². The van der Waals surface area contributed by atoms with E-state index in [9.17, 15) is 27.6 Å². The van der Waals surface area contributed by atoms with Crippen LogP contribution in [0, 0.1) is 12.3 Å². The minimum Gasteiger partial charge on any atom is -0.445 e. The molecule has 3 atom stereocenters. The van der Waals surface area contributed by atoms with Crippen molar-refractivity contribution in [3.63, 3.8) is 0 Å². The Labute approximate surface area is 292 Å². The summed E-state index contributed by atoms with van der Waals surface area (Å²) in [4.78, 5) is 59.8. The third kappa shape index (κ3) is 13.0. The van der Waals surface area contributed by atoms with Gasteiger partial charge in [-0.15, -0.1) is 0 Å². The van der Waals surface area contributed by atoms with Crippen LogP contribution >= 0.6 is 0 Å². The van der Waals surface area contributed by atoms with E-state index in [0.29, 0.717) is 11.8 Å². The Hall–Kier alpha value is -5.31. The number of nitrogens with one attached hydrogen (secondary N) is 4. The van der Waals surface area contributed by atoms with Crippen molar-refractivity contribution in [3.8, 4) is 0 Å². The van der Waals surface area contributed by atoms with E-state index in [2.05, 4.69) is 30.6 Å². The lowest BCUT2D eigenvalue weighted by atomic mass is 9.85. The molecular weight excluding hydrogens is 662 g/mol. The van der Waals surface area contributed by atoms with Crippen molar-refractivity contribution in [2.24, 2.45) is 16.1 Å². The number of nitrogens with zero attached hydrogens (tertiary/aromatic N) is 2. The van der Waals surface area contributed by atoms with Gasteiger partial charge in [-0.3, -0.25) is 19.6 Å². The second kappa shape index (κ2) is 18.5. The fourth-order valence-electron chi connectivity index (χ4n) is 4.71. The fourth-order valence-corrected chi connectivity index (χ4v) is 5.66. The van der Waals surface area contributed by atoms with Crippen molar-refractivity contribution in [1.29, 1.82) is 0 Å². The SMILES string of the molecule is Cc1ccc(S(=O)(=O)NC(N)=NCCC[C@H](NC(=O)OCc2cccnc2)C(=O)N[C@H](C(=O)N[C@H](C=O)Cc2ccccc2)C(C)(C)C)cc1. The molecule has 3 amide bonds. The number of hydrogen-bond acceptors (Lipinski definition) is 9. The monoisotopic (exact) mass is 707 g/mol. The van der Waals surface area contributed by atoms with Gasteiger partial charge in [-0.2, -0.15) is 0 Å². The summed E-state index contributed by atoms with van der Waals surface area (Å²) in [6, 6.07) is 15.7. The zero-order valence-corrected chi connectivity index (χ0v) is 29.4. The molecule has 14 nitrogen and oxygen atoms in total. The van der Waals surface area contributed by atoms with Gasteiger partial charge in [-0.25, -0.2) is 17.9 Å². The van der Waals surface area contributed by atoms with E-state index in [1.165, 1.54) is 18.3 Å². The van der Waals surface area contributed by atoms with E-state index in [1.54, 1.807) is 51.2 Å². The summed E-state index contributed by atoms with van der Waals surface area (Å²) in [6.07, 6.45) is 3.34. The number of aromatic nitrogens is 1. The lowest BCUT2D eigenvalue weighted by molar-refractivity contribution is -0.133. The number of nitrogens with two attached hydrogens (primary N) is 1. The number of carbonyl (C=O) groups is 4. The summed E-state index contributed by atoms with van der Waals surface area (Å²) < 4.78 is 32.8. The number of carbonyl (C=O) groups excluding carboxylic acids is 4. The number of aliphatic imine (C=N–C) groups is 1. The average molecular weight is 708 g/mol. The number of guanidine groups is 1. The Morgan fingerprint density at radius 1 is 0.940 bits per heavy atom. The molecule has 0 spiro atoms. The number of benzene rings is 2. The molecule has 3 aromatic rings. The highest BCUT2D eigenvalue weighted by molar-refractivity contribution is 7.90.